The Morgan fingerprint density at radius 1 is 0.972 bits per heavy atom. The van der Waals surface area contributed by atoms with Gasteiger partial charge in [0, 0.05) is 36.1 Å². The summed E-state index contributed by atoms with van der Waals surface area (Å²) < 4.78 is 1.72. The first-order chi connectivity index (χ1) is 17.4. The number of anilines is 3. The third kappa shape index (κ3) is 4.95. The van der Waals surface area contributed by atoms with Crippen molar-refractivity contribution in [3.8, 4) is 11.1 Å². The highest BCUT2D eigenvalue weighted by Gasteiger charge is 2.15. The number of hydrogen-bond acceptors (Lipinski definition) is 5. The van der Waals surface area contributed by atoms with Crippen LogP contribution in [0.5, 0.6) is 0 Å². The van der Waals surface area contributed by atoms with Crippen molar-refractivity contribution in [2.75, 3.05) is 10.6 Å². The molecule has 0 unspecified atom stereocenters. The van der Waals surface area contributed by atoms with Gasteiger partial charge in [-0.15, -0.1) is 0 Å². The largest absolute Gasteiger partial charge is 0.322 e. The second kappa shape index (κ2) is 9.62. The third-order valence-electron chi connectivity index (χ3n) is 6.07. The fraction of sp³-hybridized carbons (Fsp3) is 0.172. The Balaban J connectivity index is 1.47. The number of hydrogen-bond donors (Lipinski definition) is 2. The molecule has 0 saturated heterocycles. The lowest BCUT2D eigenvalue weighted by Crippen LogP contribution is -2.12. The molecule has 0 saturated carbocycles. The van der Waals surface area contributed by atoms with E-state index in [9.17, 15) is 4.79 Å². The van der Waals surface area contributed by atoms with Crippen molar-refractivity contribution in [3.05, 3.63) is 95.9 Å². The zero-order valence-corrected chi connectivity index (χ0v) is 20.8. The van der Waals surface area contributed by atoms with E-state index in [1.54, 1.807) is 10.9 Å². The first-order valence-electron chi connectivity index (χ1n) is 11.9. The quantitative estimate of drug-likeness (QED) is 0.294. The number of carbonyl (C=O) groups excluding carboxylic acids is 1. The van der Waals surface area contributed by atoms with Gasteiger partial charge < -0.3 is 10.6 Å². The monoisotopic (exact) mass is 476 g/mol. The summed E-state index contributed by atoms with van der Waals surface area (Å²) >= 11 is 0. The summed E-state index contributed by atoms with van der Waals surface area (Å²) in [5, 5.41) is 11.3. The highest BCUT2D eigenvalue weighted by molar-refractivity contribution is 6.05. The lowest BCUT2D eigenvalue weighted by atomic mass is 9.90. The fourth-order valence-corrected chi connectivity index (χ4v) is 4.25. The molecule has 1 amide bonds. The Bertz CT molecular complexity index is 1570. The molecule has 0 radical (unpaired) electrons. The van der Waals surface area contributed by atoms with Crippen LogP contribution >= 0.6 is 0 Å². The third-order valence-corrected chi connectivity index (χ3v) is 6.07. The SMILES string of the molecule is Cc1cccc(NC(=O)c2ccc(C(C)C)c(-c3ccc4nc(Nc5cnn(C)c5)ncc4c3)c2)c1. The molecule has 2 heterocycles. The van der Waals surface area contributed by atoms with E-state index in [-0.39, 0.29) is 5.91 Å². The number of nitrogens with one attached hydrogen (secondary N) is 2. The summed E-state index contributed by atoms with van der Waals surface area (Å²) in [6, 6.07) is 19.8. The van der Waals surface area contributed by atoms with E-state index in [1.807, 2.05) is 81.0 Å². The summed E-state index contributed by atoms with van der Waals surface area (Å²) in [4.78, 5) is 22.2. The molecule has 2 aromatic heterocycles. The van der Waals surface area contributed by atoms with E-state index in [2.05, 4.69) is 45.6 Å². The molecule has 7 heteroatoms. The summed E-state index contributed by atoms with van der Waals surface area (Å²) in [6.07, 6.45) is 5.41. The van der Waals surface area contributed by atoms with Gasteiger partial charge in [-0.25, -0.2) is 9.97 Å². The van der Waals surface area contributed by atoms with Crippen LogP contribution in [0, 0.1) is 6.92 Å². The molecule has 2 N–H and O–H groups in total. The Kier molecular flexibility index (Phi) is 6.21. The molecule has 0 bridgehead atoms. The van der Waals surface area contributed by atoms with Crippen molar-refractivity contribution < 1.29 is 4.79 Å². The minimum absolute atomic E-state index is 0.132. The molecule has 5 aromatic rings. The van der Waals surface area contributed by atoms with Gasteiger partial charge in [0.15, 0.2) is 0 Å². The predicted octanol–water partition coefficient (Wildman–Crippen LogP) is 6.46. The van der Waals surface area contributed by atoms with Gasteiger partial charge in [0.2, 0.25) is 5.95 Å². The Hall–Kier alpha value is -4.52. The minimum Gasteiger partial charge on any atom is -0.322 e. The maximum Gasteiger partial charge on any atom is 0.255 e. The number of amides is 1. The molecule has 0 aliphatic heterocycles. The number of aromatic nitrogens is 4. The highest BCUT2D eigenvalue weighted by atomic mass is 16.1. The van der Waals surface area contributed by atoms with Crippen LogP contribution in [-0.4, -0.2) is 25.7 Å². The number of rotatable bonds is 6. The molecule has 0 fully saturated rings. The molecule has 7 nitrogen and oxygen atoms in total. The lowest BCUT2D eigenvalue weighted by molar-refractivity contribution is 0.102. The standard InChI is InChI=1S/C29H28N6O/c1-18(2)25-10-8-21(28(36)32-23-7-5-6-19(3)12-23)14-26(25)20-9-11-27-22(13-20)15-30-29(34-27)33-24-16-31-35(4)17-24/h5-18H,1-4H3,(H,32,36)(H,30,33,34). The zero-order chi connectivity index (χ0) is 25.2. The maximum atomic E-state index is 13.0. The van der Waals surface area contributed by atoms with Crippen molar-refractivity contribution in [1.29, 1.82) is 0 Å². The Morgan fingerprint density at radius 3 is 2.58 bits per heavy atom. The second-order valence-corrected chi connectivity index (χ2v) is 9.28. The van der Waals surface area contributed by atoms with E-state index in [1.165, 1.54) is 5.56 Å². The van der Waals surface area contributed by atoms with Crippen LogP contribution in [-0.2, 0) is 7.05 Å². The van der Waals surface area contributed by atoms with Crippen molar-refractivity contribution in [2.24, 2.45) is 7.05 Å². The van der Waals surface area contributed by atoms with E-state index in [0.717, 1.165) is 39.0 Å². The molecule has 5 rings (SSSR count). The van der Waals surface area contributed by atoms with Gasteiger partial charge in [0.1, 0.15) is 0 Å². The van der Waals surface area contributed by atoms with E-state index in [0.29, 0.717) is 17.4 Å². The molecule has 3 aromatic carbocycles. The van der Waals surface area contributed by atoms with Crippen LogP contribution in [0.15, 0.2) is 79.3 Å². The van der Waals surface area contributed by atoms with Crippen LogP contribution in [0.4, 0.5) is 17.3 Å². The molecular weight excluding hydrogens is 448 g/mol. The normalized spacial score (nSPS) is 11.1. The number of carbonyl (C=O) groups is 1. The molecule has 36 heavy (non-hydrogen) atoms. The lowest BCUT2D eigenvalue weighted by Gasteiger charge is -2.16. The fourth-order valence-electron chi connectivity index (χ4n) is 4.25. The molecular formula is C29H28N6O. The smallest absolute Gasteiger partial charge is 0.255 e. The van der Waals surface area contributed by atoms with Crippen LogP contribution in [0.1, 0.15) is 41.3 Å². The average molecular weight is 477 g/mol. The molecule has 0 spiro atoms. The topological polar surface area (TPSA) is 84.7 Å². The summed E-state index contributed by atoms with van der Waals surface area (Å²) in [6.45, 7) is 6.32. The maximum absolute atomic E-state index is 13.0. The zero-order valence-electron chi connectivity index (χ0n) is 20.8. The first kappa shape index (κ1) is 23.2. The van der Waals surface area contributed by atoms with Gasteiger partial charge in [0.25, 0.3) is 5.91 Å². The summed E-state index contributed by atoms with van der Waals surface area (Å²) in [5.41, 5.74) is 7.39. The van der Waals surface area contributed by atoms with Gasteiger partial charge in [-0.2, -0.15) is 5.10 Å². The van der Waals surface area contributed by atoms with Gasteiger partial charge in [-0.3, -0.25) is 9.48 Å². The van der Waals surface area contributed by atoms with Crippen LogP contribution in [0.2, 0.25) is 0 Å². The van der Waals surface area contributed by atoms with E-state index < -0.39 is 0 Å². The molecule has 180 valence electrons. The summed E-state index contributed by atoms with van der Waals surface area (Å²) in [7, 11) is 1.86. The second-order valence-electron chi connectivity index (χ2n) is 9.28. The van der Waals surface area contributed by atoms with Gasteiger partial charge in [-0.05, 0) is 71.5 Å². The number of fused-ring (bicyclic) bond motifs is 1. The van der Waals surface area contributed by atoms with Crippen LogP contribution in [0.25, 0.3) is 22.0 Å². The molecule has 0 atom stereocenters. The van der Waals surface area contributed by atoms with Crippen LogP contribution in [0.3, 0.4) is 0 Å². The predicted molar refractivity (Wildman–Crippen MR) is 145 cm³/mol. The van der Waals surface area contributed by atoms with Gasteiger partial charge in [-0.1, -0.05) is 38.1 Å². The Morgan fingerprint density at radius 2 is 1.83 bits per heavy atom. The van der Waals surface area contributed by atoms with Crippen molar-refractivity contribution in [3.63, 3.8) is 0 Å². The first-order valence-corrected chi connectivity index (χ1v) is 11.9. The van der Waals surface area contributed by atoms with E-state index in [4.69, 9.17) is 0 Å². The highest BCUT2D eigenvalue weighted by Crippen LogP contribution is 2.32. The number of benzene rings is 3. The average Bonchev–Trinajstić information content (AvgIpc) is 3.27. The van der Waals surface area contributed by atoms with Gasteiger partial charge >= 0.3 is 0 Å². The summed E-state index contributed by atoms with van der Waals surface area (Å²) in [5.74, 6) is 0.681. The van der Waals surface area contributed by atoms with Crippen molar-refractivity contribution in [2.45, 2.75) is 26.7 Å². The molecule has 0 aliphatic carbocycles. The van der Waals surface area contributed by atoms with E-state index >= 15 is 0 Å². The van der Waals surface area contributed by atoms with Crippen molar-refractivity contribution >= 4 is 34.1 Å². The van der Waals surface area contributed by atoms with Gasteiger partial charge in [0.05, 0.1) is 17.4 Å². The number of nitrogens with zero attached hydrogens (tertiary/aromatic N) is 4. The Labute approximate surface area is 210 Å². The van der Waals surface area contributed by atoms with Crippen LogP contribution < -0.4 is 10.6 Å². The van der Waals surface area contributed by atoms with Crippen molar-refractivity contribution in [1.82, 2.24) is 19.7 Å². The molecule has 0 aliphatic rings. The number of aryl methyl sites for hydroxylation is 2. The minimum atomic E-state index is -0.132.